The van der Waals surface area contributed by atoms with Crippen LogP contribution < -0.4 is 5.32 Å². The Labute approximate surface area is 86.5 Å². The Morgan fingerprint density at radius 3 is 2.57 bits per heavy atom. The van der Waals surface area contributed by atoms with Crippen molar-refractivity contribution in [2.75, 3.05) is 6.54 Å². The van der Waals surface area contributed by atoms with Crippen molar-refractivity contribution in [3.05, 3.63) is 34.9 Å². The van der Waals surface area contributed by atoms with E-state index in [1.807, 2.05) is 0 Å². The minimum absolute atomic E-state index is 0.619. The summed E-state index contributed by atoms with van der Waals surface area (Å²) < 4.78 is 0. The molecule has 0 spiro atoms. The number of nitrogens with one attached hydrogen (secondary N) is 1. The molecule has 0 unspecified atom stereocenters. The van der Waals surface area contributed by atoms with Crippen LogP contribution in [0.4, 0.5) is 0 Å². The number of hydrogen-bond donors (Lipinski definition) is 1. The second-order valence-corrected chi connectivity index (χ2v) is 4.57. The molecule has 76 valence electrons. The summed E-state index contributed by atoms with van der Waals surface area (Å²) in [5.74, 6) is 0.634. The van der Waals surface area contributed by atoms with Crippen LogP contribution in [0.2, 0.25) is 0 Å². The van der Waals surface area contributed by atoms with E-state index in [-0.39, 0.29) is 0 Å². The Morgan fingerprint density at radius 1 is 1.36 bits per heavy atom. The minimum Gasteiger partial charge on any atom is -0.310 e. The molecule has 0 radical (unpaired) electrons. The molecule has 0 saturated carbocycles. The molecule has 1 aliphatic heterocycles. The van der Waals surface area contributed by atoms with Crippen LogP contribution in [0.15, 0.2) is 18.2 Å². The Kier molecular flexibility index (Phi) is 2.60. The van der Waals surface area contributed by atoms with Crippen LogP contribution in [0.1, 0.15) is 48.9 Å². The van der Waals surface area contributed by atoms with Crippen molar-refractivity contribution in [1.29, 1.82) is 0 Å². The predicted molar refractivity (Wildman–Crippen MR) is 60.6 cm³/mol. The first-order valence-electron chi connectivity index (χ1n) is 5.52. The van der Waals surface area contributed by atoms with Crippen molar-refractivity contribution < 1.29 is 0 Å². The SMILES string of the molecule is Cc1ccc(C(C)C)cc1[C@H]1CCN1. The molecule has 1 N–H and O–H groups in total. The van der Waals surface area contributed by atoms with Gasteiger partial charge in [0.25, 0.3) is 0 Å². The summed E-state index contributed by atoms with van der Waals surface area (Å²) in [6.45, 7) is 7.89. The highest BCUT2D eigenvalue weighted by molar-refractivity contribution is 5.35. The molecule has 0 aliphatic carbocycles. The van der Waals surface area contributed by atoms with Gasteiger partial charge in [0.15, 0.2) is 0 Å². The number of aryl methyl sites for hydroxylation is 1. The number of hydrogen-bond acceptors (Lipinski definition) is 1. The van der Waals surface area contributed by atoms with Crippen molar-refractivity contribution >= 4 is 0 Å². The fraction of sp³-hybridized carbons (Fsp3) is 0.538. The molecule has 0 amide bonds. The van der Waals surface area contributed by atoms with Crippen LogP contribution in [0.25, 0.3) is 0 Å². The third-order valence-electron chi connectivity index (χ3n) is 3.17. The van der Waals surface area contributed by atoms with Crippen LogP contribution in [0.3, 0.4) is 0 Å². The normalized spacial score (nSPS) is 21.0. The molecule has 0 bridgehead atoms. The van der Waals surface area contributed by atoms with E-state index in [1.165, 1.54) is 29.7 Å². The highest BCUT2D eigenvalue weighted by Gasteiger charge is 2.20. The zero-order chi connectivity index (χ0) is 10.1. The van der Waals surface area contributed by atoms with Gasteiger partial charge < -0.3 is 5.32 Å². The smallest absolute Gasteiger partial charge is 0.0335 e. The van der Waals surface area contributed by atoms with Gasteiger partial charge in [-0.05, 0) is 42.5 Å². The van der Waals surface area contributed by atoms with Gasteiger partial charge in [0, 0.05) is 6.04 Å². The fourth-order valence-electron chi connectivity index (χ4n) is 1.95. The predicted octanol–water partition coefficient (Wildman–Crippen LogP) is 3.15. The quantitative estimate of drug-likeness (QED) is 0.753. The first kappa shape index (κ1) is 9.72. The lowest BCUT2D eigenvalue weighted by Crippen LogP contribution is -2.35. The molecule has 1 nitrogen and oxygen atoms in total. The molecule has 1 heteroatoms. The largest absolute Gasteiger partial charge is 0.310 e. The lowest BCUT2D eigenvalue weighted by Gasteiger charge is -2.30. The monoisotopic (exact) mass is 189 g/mol. The Morgan fingerprint density at radius 2 is 2.07 bits per heavy atom. The van der Waals surface area contributed by atoms with E-state index in [4.69, 9.17) is 0 Å². The maximum Gasteiger partial charge on any atom is 0.0335 e. The first-order chi connectivity index (χ1) is 6.68. The summed E-state index contributed by atoms with van der Waals surface area (Å²) in [6.07, 6.45) is 1.29. The lowest BCUT2D eigenvalue weighted by atomic mass is 9.90. The Balaban J connectivity index is 2.31. The summed E-state index contributed by atoms with van der Waals surface area (Å²) in [5.41, 5.74) is 4.38. The molecule has 1 saturated heterocycles. The van der Waals surface area contributed by atoms with Crippen molar-refractivity contribution in [2.24, 2.45) is 0 Å². The van der Waals surface area contributed by atoms with Gasteiger partial charge in [-0.3, -0.25) is 0 Å². The van der Waals surface area contributed by atoms with Gasteiger partial charge in [0.1, 0.15) is 0 Å². The minimum atomic E-state index is 0.619. The van der Waals surface area contributed by atoms with Gasteiger partial charge >= 0.3 is 0 Å². The first-order valence-corrected chi connectivity index (χ1v) is 5.52. The topological polar surface area (TPSA) is 12.0 Å². The summed E-state index contributed by atoms with van der Waals surface area (Å²) in [4.78, 5) is 0. The van der Waals surface area contributed by atoms with Gasteiger partial charge in [-0.2, -0.15) is 0 Å². The van der Waals surface area contributed by atoms with Crippen molar-refractivity contribution in [3.63, 3.8) is 0 Å². The second kappa shape index (κ2) is 3.74. The van der Waals surface area contributed by atoms with Crippen LogP contribution in [-0.2, 0) is 0 Å². The van der Waals surface area contributed by atoms with Gasteiger partial charge in [-0.15, -0.1) is 0 Å². The maximum absolute atomic E-state index is 3.47. The molecule has 14 heavy (non-hydrogen) atoms. The van der Waals surface area contributed by atoms with Crippen LogP contribution in [-0.4, -0.2) is 6.54 Å². The number of benzene rings is 1. The third-order valence-corrected chi connectivity index (χ3v) is 3.17. The van der Waals surface area contributed by atoms with Gasteiger partial charge in [-0.1, -0.05) is 32.0 Å². The van der Waals surface area contributed by atoms with E-state index in [1.54, 1.807) is 0 Å². The van der Waals surface area contributed by atoms with Crippen LogP contribution in [0, 0.1) is 6.92 Å². The molecular weight excluding hydrogens is 170 g/mol. The Bertz CT molecular complexity index is 324. The maximum atomic E-state index is 3.47. The summed E-state index contributed by atoms with van der Waals surface area (Å²) in [5, 5.41) is 3.47. The third kappa shape index (κ3) is 1.69. The van der Waals surface area contributed by atoms with E-state index in [0.717, 1.165) is 0 Å². The molecular formula is C13H19N. The highest BCUT2D eigenvalue weighted by Crippen LogP contribution is 2.28. The van der Waals surface area contributed by atoms with Crippen molar-refractivity contribution in [2.45, 2.75) is 39.2 Å². The van der Waals surface area contributed by atoms with E-state index in [9.17, 15) is 0 Å². The lowest BCUT2D eigenvalue weighted by molar-refractivity contribution is 0.381. The van der Waals surface area contributed by atoms with Crippen molar-refractivity contribution in [1.82, 2.24) is 5.32 Å². The Hall–Kier alpha value is -0.820. The molecule has 1 fully saturated rings. The summed E-state index contributed by atoms with van der Waals surface area (Å²) >= 11 is 0. The molecule has 0 aromatic heterocycles. The average molecular weight is 189 g/mol. The van der Waals surface area contributed by atoms with Crippen LogP contribution >= 0.6 is 0 Å². The van der Waals surface area contributed by atoms with Crippen molar-refractivity contribution in [3.8, 4) is 0 Å². The summed E-state index contributed by atoms with van der Waals surface area (Å²) in [6, 6.07) is 7.50. The van der Waals surface area contributed by atoms with Gasteiger partial charge in [0.2, 0.25) is 0 Å². The second-order valence-electron chi connectivity index (χ2n) is 4.57. The van der Waals surface area contributed by atoms with E-state index < -0.39 is 0 Å². The molecule has 1 aromatic rings. The van der Waals surface area contributed by atoms with Crippen LogP contribution in [0.5, 0.6) is 0 Å². The molecule has 2 rings (SSSR count). The van der Waals surface area contributed by atoms with E-state index >= 15 is 0 Å². The van der Waals surface area contributed by atoms with E-state index in [0.29, 0.717) is 12.0 Å². The van der Waals surface area contributed by atoms with Gasteiger partial charge in [-0.25, -0.2) is 0 Å². The number of rotatable bonds is 2. The molecule has 1 aromatic carbocycles. The van der Waals surface area contributed by atoms with Gasteiger partial charge in [0.05, 0.1) is 0 Å². The standard InChI is InChI=1S/C13H19N/c1-9(2)11-5-4-10(3)12(8-11)13-6-7-14-13/h4-5,8-9,13-14H,6-7H2,1-3H3/t13-/m1/s1. The zero-order valence-corrected chi connectivity index (χ0v) is 9.30. The molecule has 1 heterocycles. The molecule has 1 atom stereocenters. The van der Waals surface area contributed by atoms with E-state index in [2.05, 4.69) is 44.3 Å². The summed E-state index contributed by atoms with van der Waals surface area (Å²) in [7, 11) is 0. The fourth-order valence-corrected chi connectivity index (χ4v) is 1.95. The average Bonchev–Trinajstić information content (AvgIpc) is 2.05. The zero-order valence-electron chi connectivity index (χ0n) is 9.30. The highest BCUT2D eigenvalue weighted by atomic mass is 15.0. The molecule has 1 aliphatic rings.